The molecule has 3 rings (SSSR count). The molecule has 0 aliphatic carbocycles. The van der Waals surface area contributed by atoms with Gasteiger partial charge in [-0.25, -0.2) is 4.79 Å². The van der Waals surface area contributed by atoms with Crippen LogP contribution in [0.25, 0.3) is 0 Å². The summed E-state index contributed by atoms with van der Waals surface area (Å²) in [5.41, 5.74) is 3.89. The summed E-state index contributed by atoms with van der Waals surface area (Å²) in [6, 6.07) is 27.2. The zero-order valence-corrected chi connectivity index (χ0v) is 12.7. The van der Waals surface area contributed by atoms with Gasteiger partial charge < -0.3 is 10.6 Å². The monoisotopic (exact) mass is 302 g/mol. The average molecular weight is 302 g/mol. The zero-order chi connectivity index (χ0) is 15.9. The lowest BCUT2D eigenvalue weighted by Gasteiger charge is -2.12. The maximum atomic E-state index is 12.2. The van der Waals surface area contributed by atoms with Gasteiger partial charge >= 0.3 is 6.03 Å². The van der Waals surface area contributed by atoms with Crippen molar-refractivity contribution >= 4 is 17.4 Å². The van der Waals surface area contributed by atoms with Crippen LogP contribution in [0, 0.1) is 0 Å². The number of carbonyl (C=O) groups excluding carboxylic acids is 1. The molecule has 3 nitrogen and oxygen atoms in total. The van der Waals surface area contributed by atoms with E-state index in [0.29, 0.717) is 0 Å². The Bertz CT molecular complexity index is 770. The third kappa shape index (κ3) is 4.20. The third-order valence-electron chi connectivity index (χ3n) is 3.53. The summed E-state index contributed by atoms with van der Waals surface area (Å²) in [5, 5.41) is 5.76. The summed E-state index contributed by atoms with van der Waals surface area (Å²) in [7, 11) is 0. The topological polar surface area (TPSA) is 41.1 Å². The van der Waals surface area contributed by atoms with Gasteiger partial charge in [0.15, 0.2) is 0 Å². The number of rotatable bonds is 4. The van der Waals surface area contributed by atoms with E-state index in [1.807, 2.05) is 72.8 Å². The fraction of sp³-hybridized carbons (Fsp3) is 0.0500. The summed E-state index contributed by atoms with van der Waals surface area (Å²) in [5.74, 6) is 0. The van der Waals surface area contributed by atoms with Crippen LogP contribution >= 0.6 is 0 Å². The van der Waals surface area contributed by atoms with E-state index in [1.54, 1.807) is 0 Å². The number of hydrogen-bond acceptors (Lipinski definition) is 1. The van der Waals surface area contributed by atoms with Crippen molar-refractivity contribution in [3.05, 3.63) is 96.1 Å². The van der Waals surface area contributed by atoms with Gasteiger partial charge in [-0.15, -0.1) is 0 Å². The predicted molar refractivity (Wildman–Crippen MR) is 94.8 cm³/mol. The Balaban J connectivity index is 1.71. The molecule has 0 aromatic heterocycles. The Hall–Kier alpha value is -3.07. The number of hydrogen-bond donors (Lipinski definition) is 2. The Kier molecular flexibility index (Phi) is 4.69. The van der Waals surface area contributed by atoms with Crippen LogP contribution in [-0.2, 0) is 6.42 Å². The van der Waals surface area contributed by atoms with Gasteiger partial charge in [0.25, 0.3) is 0 Å². The van der Waals surface area contributed by atoms with Crippen molar-refractivity contribution < 1.29 is 4.79 Å². The fourth-order valence-corrected chi connectivity index (χ4v) is 2.42. The number of anilines is 2. The number of urea groups is 1. The number of amides is 2. The van der Waals surface area contributed by atoms with Crippen molar-refractivity contribution in [2.45, 2.75) is 6.42 Å². The van der Waals surface area contributed by atoms with Crippen LogP contribution in [0.3, 0.4) is 0 Å². The van der Waals surface area contributed by atoms with Crippen LogP contribution in [0.4, 0.5) is 16.2 Å². The van der Waals surface area contributed by atoms with Crippen LogP contribution in [-0.4, -0.2) is 6.03 Å². The molecule has 0 atom stereocenters. The molecule has 0 spiro atoms. The molecule has 0 bridgehead atoms. The molecule has 23 heavy (non-hydrogen) atoms. The molecular formula is C20H18N2O. The number of carbonyl (C=O) groups is 1. The Morgan fingerprint density at radius 1 is 0.696 bits per heavy atom. The Morgan fingerprint density at radius 2 is 1.30 bits per heavy atom. The first kappa shape index (κ1) is 14.9. The van der Waals surface area contributed by atoms with Crippen molar-refractivity contribution in [1.82, 2.24) is 0 Å². The maximum Gasteiger partial charge on any atom is 0.323 e. The second-order valence-corrected chi connectivity index (χ2v) is 5.26. The number of nitrogens with one attached hydrogen (secondary N) is 2. The van der Waals surface area contributed by atoms with E-state index in [-0.39, 0.29) is 6.03 Å². The van der Waals surface area contributed by atoms with Gasteiger partial charge in [0.2, 0.25) is 0 Å². The fourth-order valence-electron chi connectivity index (χ4n) is 2.42. The van der Waals surface area contributed by atoms with Crippen molar-refractivity contribution in [3.8, 4) is 0 Å². The molecule has 0 radical (unpaired) electrons. The molecule has 3 aromatic carbocycles. The van der Waals surface area contributed by atoms with Gasteiger partial charge in [0, 0.05) is 11.4 Å². The summed E-state index contributed by atoms with van der Waals surface area (Å²) in [6.07, 6.45) is 0.780. The van der Waals surface area contributed by atoms with Gasteiger partial charge in [-0.3, -0.25) is 0 Å². The molecule has 2 N–H and O–H groups in total. The standard InChI is InChI=1S/C20H18N2O/c23-20(21-18-12-5-2-6-13-18)22-19-14-8-7-11-17(19)15-16-9-3-1-4-10-16/h1-14H,15H2,(H2,21,22,23). The van der Waals surface area contributed by atoms with E-state index in [4.69, 9.17) is 0 Å². The van der Waals surface area contributed by atoms with Crippen molar-refractivity contribution in [1.29, 1.82) is 0 Å². The van der Waals surface area contributed by atoms with Crippen LogP contribution in [0.15, 0.2) is 84.9 Å². The highest BCUT2D eigenvalue weighted by molar-refractivity contribution is 6.00. The third-order valence-corrected chi connectivity index (χ3v) is 3.53. The first-order valence-corrected chi connectivity index (χ1v) is 7.56. The summed E-state index contributed by atoms with van der Waals surface area (Å²) in [6.45, 7) is 0. The second-order valence-electron chi connectivity index (χ2n) is 5.26. The van der Waals surface area contributed by atoms with E-state index < -0.39 is 0 Å². The van der Waals surface area contributed by atoms with Gasteiger partial charge in [0.1, 0.15) is 0 Å². The van der Waals surface area contributed by atoms with E-state index in [9.17, 15) is 4.79 Å². The summed E-state index contributed by atoms with van der Waals surface area (Å²) >= 11 is 0. The van der Waals surface area contributed by atoms with Crippen LogP contribution in [0.2, 0.25) is 0 Å². The van der Waals surface area contributed by atoms with E-state index in [0.717, 1.165) is 23.4 Å². The lowest BCUT2D eigenvalue weighted by Crippen LogP contribution is -2.20. The molecule has 3 aromatic rings. The average Bonchev–Trinajstić information content (AvgIpc) is 2.58. The van der Waals surface area contributed by atoms with Gasteiger partial charge in [0.05, 0.1) is 0 Å². The number of para-hydroxylation sites is 2. The van der Waals surface area contributed by atoms with Crippen molar-refractivity contribution in [3.63, 3.8) is 0 Å². The second kappa shape index (κ2) is 7.27. The van der Waals surface area contributed by atoms with E-state index in [1.165, 1.54) is 5.56 Å². The van der Waals surface area contributed by atoms with Crippen molar-refractivity contribution in [2.75, 3.05) is 10.6 Å². The smallest absolute Gasteiger partial charge is 0.308 e. The Labute approximate surface area is 136 Å². The number of benzene rings is 3. The summed E-state index contributed by atoms with van der Waals surface area (Å²) in [4.78, 5) is 12.2. The van der Waals surface area contributed by atoms with Crippen LogP contribution in [0.5, 0.6) is 0 Å². The first-order valence-electron chi connectivity index (χ1n) is 7.56. The molecule has 114 valence electrons. The molecule has 0 aliphatic rings. The minimum Gasteiger partial charge on any atom is -0.308 e. The van der Waals surface area contributed by atoms with Crippen LogP contribution in [0.1, 0.15) is 11.1 Å². The highest BCUT2D eigenvalue weighted by Gasteiger charge is 2.07. The molecule has 0 aliphatic heterocycles. The molecule has 2 amide bonds. The lowest BCUT2D eigenvalue weighted by molar-refractivity contribution is 0.262. The molecule has 0 heterocycles. The lowest BCUT2D eigenvalue weighted by atomic mass is 10.0. The summed E-state index contributed by atoms with van der Waals surface area (Å²) < 4.78 is 0. The highest BCUT2D eigenvalue weighted by Crippen LogP contribution is 2.19. The predicted octanol–water partition coefficient (Wildman–Crippen LogP) is 4.92. The van der Waals surface area contributed by atoms with Gasteiger partial charge in [-0.05, 0) is 35.7 Å². The first-order chi connectivity index (χ1) is 11.3. The van der Waals surface area contributed by atoms with Gasteiger partial charge in [-0.2, -0.15) is 0 Å². The molecule has 3 heteroatoms. The van der Waals surface area contributed by atoms with Crippen LogP contribution < -0.4 is 10.6 Å². The minimum absolute atomic E-state index is 0.239. The SMILES string of the molecule is O=C(Nc1ccccc1)Nc1ccccc1Cc1ccccc1. The molecule has 0 fully saturated rings. The van der Waals surface area contributed by atoms with Crippen molar-refractivity contribution in [2.24, 2.45) is 0 Å². The largest absolute Gasteiger partial charge is 0.323 e. The minimum atomic E-state index is -0.239. The molecule has 0 saturated heterocycles. The quantitative estimate of drug-likeness (QED) is 0.705. The van der Waals surface area contributed by atoms with E-state index >= 15 is 0 Å². The zero-order valence-electron chi connectivity index (χ0n) is 12.7. The molecule has 0 unspecified atom stereocenters. The maximum absolute atomic E-state index is 12.2. The van der Waals surface area contributed by atoms with E-state index in [2.05, 4.69) is 22.8 Å². The molecule has 0 saturated carbocycles. The normalized spacial score (nSPS) is 10.1. The van der Waals surface area contributed by atoms with Gasteiger partial charge in [-0.1, -0.05) is 66.7 Å². The molecular weight excluding hydrogens is 284 g/mol. The Morgan fingerprint density at radius 3 is 2.04 bits per heavy atom. The highest BCUT2D eigenvalue weighted by atomic mass is 16.2.